The Balaban J connectivity index is 1.98. The van der Waals surface area contributed by atoms with Gasteiger partial charge in [0.2, 0.25) is 5.78 Å². The van der Waals surface area contributed by atoms with Gasteiger partial charge in [0.1, 0.15) is 17.1 Å². The molecule has 3 rings (SSSR count). The summed E-state index contributed by atoms with van der Waals surface area (Å²) in [5.74, 6) is 1.24. The Morgan fingerprint density at radius 3 is 2.55 bits per heavy atom. The number of fused-ring (bicyclic) bond motifs is 1. The molecular formula is C17H14O5. The van der Waals surface area contributed by atoms with E-state index in [0.717, 1.165) is 5.56 Å². The van der Waals surface area contributed by atoms with E-state index in [-0.39, 0.29) is 22.9 Å². The Labute approximate surface area is 127 Å². The Bertz CT molecular complexity index is 777. The second kappa shape index (κ2) is 5.44. The smallest absolute Gasteiger partial charge is 0.235 e. The predicted octanol–water partition coefficient (Wildman–Crippen LogP) is 3.03. The first-order valence-corrected chi connectivity index (χ1v) is 6.62. The number of phenolic OH excluding ortho intramolecular Hbond substituents is 1. The van der Waals surface area contributed by atoms with Gasteiger partial charge >= 0.3 is 0 Å². The van der Waals surface area contributed by atoms with Crippen LogP contribution >= 0.6 is 0 Å². The fourth-order valence-corrected chi connectivity index (χ4v) is 2.31. The highest BCUT2D eigenvalue weighted by atomic mass is 16.5. The summed E-state index contributed by atoms with van der Waals surface area (Å²) in [4.78, 5) is 12.3. The van der Waals surface area contributed by atoms with Crippen molar-refractivity contribution in [3.63, 3.8) is 0 Å². The fraction of sp³-hybridized carbons (Fsp3) is 0.118. The summed E-state index contributed by atoms with van der Waals surface area (Å²) in [5.41, 5.74) is 0.919. The molecule has 2 aromatic carbocycles. The number of hydrogen-bond donors (Lipinski definition) is 1. The summed E-state index contributed by atoms with van der Waals surface area (Å²) in [6, 6.07) is 10.00. The maximum absolute atomic E-state index is 12.3. The number of methoxy groups -OCH3 is 2. The van der Waals surface area contributed by atoms with Gasteiger partial charge in [-0.3, -0.25) is 4.79 Å². The minimum absolute atomic E-state index is 0.0850. The summed E-state index contributed by atoms with van der Waals surface area (Å²) in [6.45, 7) is 0. The first-order valence-electron chi connectivity index (χ1n) is 6.62. The summed E-state index contributed by atoms with van der Waals surface area (Å²) in [6.07, 6.45) is 1.60. The third-order valence-electron chi connectivity index (χ3n) is 3.38. The zero-order valence-corrected chi connectivity index (χ0v) is 12.1. The molecule has 0 radical (unpaired) electrons. The number of Topliss-reactive ketones (excluding diaryl/α,β-unsaturated/α-hetero) is 1. The largest absolute Gasteiger partial charge is 0.507 e. The zero-order valence-electron chi connectivity index (χ0n) is 12.1. The van der Waals surface area contributed by atoms with Gasteiger partial charge in [-0.05, 0) is 35.9 Å². The first kappa shape index (κ1) is 14.0. The Morgan fingerprint density at radius 2 is 1.86 bits per heavy atom. The summed E-state index contributed by atoms with van der Waals surface area (Å²) >= 11 is 0. The summed E-state index contributed by atoms with van der Waals surface area (Å²) in [7, 11) is 3.10. The highest BCUT2D eigenvalue weighted by Gasteiger charge is 2.30. The van der Waals surface area contributed by atoms with Gasteiger partial charge in [-0.15, -0.1) is 0 Å². The van der Waals surface area contributed by atoms with E-state index < -0.39 is 0 Å². The van der Waals surface area contributed by atoms with Crippen molar-refractivity contribution in [3.8, 4) is 23.0 Å². The maximum Gasteiger partial charge on any atom is 0.235 e. The van der Waals surface area contributed by atoms with Crippen LogP contribution in [-0.2, 0) is 0 Å². The van der Waals surface area contributed by atoms with E-state index in [0.29, 0.717) is 17.2 Å². The summed E-state index contributed by atoms with van der Waals surface area (Å²) < 4.78 is 15.9. The van der Waals surface area contributed by atoms with Gasteiger partial charge in [0.05, 0.1) is 14.2 Å². The normalized spacial score (nSPS) is 14.6. The van der Waals surface area contributed by atoms with Crippen molar-refractivity contribution in [1.29, 1.82) is 0 Å². The molecule has 0 atom stereocenters. The van der Waals surface area contributed by atoms with E-state index >= 15 is 0 Å². The van der Waals surface area contributed by atoms with Gasteiger partial charge in [0, 0.05) is 0 Å². The lowest BCUT2D eigenvalue weighted by atomic mass is 10.1. The molecule has 1 aliphatic heterocycles. The number of benzene rings is 2. The van der Waals surface area contributed by atoms with E-state index in [4.69, 9.17) is 14.2 Å². The standard InChI is InChI=1S/C17H14O5/c1-20-12-7-6-10(8-14(12)21-2)9-15-17(19)16-11(18)4-3-5-13(16)22-15/h3-9,18H,1-2H3/b15-9-. The van der Waals surface area contributed by atoms with Gasteiger partial charge in [0.15, 0.2) is 17.3 Å². The lowest BCUT2D eigenvalue weighted by molar-refractivity contribution is 0.101. The highest BCUT2D eigenvalue weighted by Crippen LogP contribution is 2.37. The van der Waals surface area contributed by atoms with Crippen LogP contribution in [0.25, 0.3) is 6.08 Å². The molecule has 0 unspecified atom stereocenters. The Hall–Kier alpha value is -2.95. The van der Waals surface area contributed by atoms with E-state index in [9.17, 15) is 9.90 Å². The van der Waals surface area contributed by atoms with Crippen LogP contribution in [0, 0.1) is 0 Å². The molecule has 0 amide bonds. The third-order valence-corrected chi connectivity index (χ3v) is 3.38. The predicted molar refractivity (Wildman–Crippen MR) is 80.6 cm³/mol. The molecule has 112 valence electrons. The number of allylic oxidation sites excluding steroid dienone is 1. The van der Waals surface area contributed by atoms with Crippen LogP contribution < -0.4 is 14.2 Å². The SMILES string of the molecule is COc1ccc(/C=C2\Oc3cccc(O)c3C2=O)cc1OC. The van der Waals surface area contributed by atoms with Crippen molar-refractivity contribution in [2.24, 2.45) is 0 Å². The lowest BCUT2D eigenvalue weighted by Crippen LogP contribution is -1.98. The van der Waals surface area contributed by atoms with Crippen LogP contribution in [-0.4, -0.2) is 25.1 Å². The first-order chi connectivity index (χ1) is 10.6. The van der Waals surface area contributed by atoms with Gasteiger partial charge in [-0.1, -0.05) is 12.1 Å². The Morgan fingerprint density at radius 1 is 1.09 bits per heavy atom. The van der Waals surface area contributed by atoms with Gasteiger partial charge in [0.25, 0.3) is 0 Å². The van der Waals surface area contributed by atoms with Crippen LogP contribution in [0.5, 0.6) is 23.0 Å². The minimum atomic E-state index is -0.345. The molecule has 1 heterocycles. The number of carbonyl (C=O) groups is 1. The summed E-state index contributed by atoms with van der Waals surface area (Å²) in [5, 5.41) is 9.77. The van der Waals surface area contributed by atoms with E-state index in [2.05, 4.69) is 0 Å². The molecule has 1 N–H and O–H groups in total. The van der Waals surface area contributed by atoms with Crippen LogP contribution in [0.4, 0.5) is 0 Å². The van der Waals surface area contributed by atoms with Crippen molar-refractivity contribution in [2.75, 3.05) is 14.2 Å². The molecule has 5 heteroatoms. The maximum atomic E-state index is 12.3. The van der Waals surface area contributed by atoms with Gasteiger partial charge in [-0.2, -0.15) is 0 Å². The lowest BCUT2D eigenvalue weighted by Gasteiger charge is -2.08. The van der Waals surface area contributed by atoms with Crippen LogP contribution in [0.2, 0.25) is 0 Å². The number of ether oxygens (including phenoxy) is 3. The van der Waals surface area contributed by atoms with Crippen LogP contribution in [0.1, 0.15) is 15.9 Å². The number of ketones is 1. The van der Waals surface area contributed by atoms with E-state index in [1.54, 1.807) is 50.6 Å². The number of hydrogen-bond acceptors (Lipinski definition) is 5. The Kier molecular flexibility index (Phi) is 3.47. The molecule has 0 aliphatic carbocycles. The van der Waals surface area contributed by atoms with E-state index in [1.807, 2.05) is 0 Å². The molecule has 0 saturated carbocycles. The molecule has 0 aromatic heterocycles. The molecular weight excluding hydrogens is 284 g/mol. The minimum Gasteiger partial charge on any atom is -0.507 e. The van der Waals surface area contributed by atoms with Crippen LogP contribution in [0.15, 0.2) is 42.2 Å². The molecule has 0 spiro atoms. The number of rotatable bonds is 3. The molecule has 0 bridgehead atoms. The monoisotopic (exact) mass is 298 g/mol. The fourth-order valence-electron chi connectivity index (χ4n) is 2.31. The van der Waals surface area contributed by atoms with Crippen molar-refractivity contribution in [2.45, 2.75) is 0 Å². The van der Waals surface area contributed by atoms with Gasteiger partial charge in [-0.25, -0.2) is 0 Å². The van der Waals surface area contributed by atoms with Crippen LogP contribution in [0.3, 0.4) is 0 Å². The molecule has 1 aliphatic rings. The highest BCUT2D eigenvalue weighted by molar-refractivity contribution is 6.16. The quantitative estimate of drug-likeness (QED) is 0.882. The molecule has 0 saturated heterocycles. The number of aromatic hydroxyl groups is 1. The molecule has 22 heavy (non-hydrogen) atoms. The second-order valence-corrected chi connectivity index (χ2v) is 4.70. The van der Waals surface area contributed by atoms with Crippen molar-refractivity contribution in [1.82, 2.24) is 0 Å². The van der Waals surface area contributed by atoms with E-state index in [1.165, 1.54) is 6.07 Å². The average Bonchev–Trinajstić information content (AvgIpc) is 2.84. The van der Waals surface area contributed by atoms with Crippen molar-refractivity contribution >= 4 is 11.9 Å². The molecule has 5 nitrogen and oxygen atoms in total. The zero-order chi connectivity index (χ0) is 15.7. The molecule has 2 aromatic rings. The number of carbonyl (C=O) groups excluding carboxylic acids is 1. The van der Waals surface area contributed by atoms with Gasteiger partial charge < -0.3 is 19.3 Å². The third kappa shape index (κ3) is 2.26. The van der Waals surface area contributed by atoms with Crippen molar-refractivity contribution < 1.29 is 24.1 Å². The molecule has 0 fully saturated rings. The second-order valence-electron chi connectivity index (χ2n) is 4.70. The number of phenols is 1. The topological polar surface area (TPSA) is 65.0 Å². The van der Waals surface area contributed by atoms with Crippen molar-refractivity contribution in [3.05, 3.63) is 53.3 Å². The average molecular weight is 298 g/mol.